The van der Waals surface area contributed by atoms with Crippen LogP contribution in [-0.4, -0.2) is 0 Å². The van der Waals surface area contributed by atoms with E-state index in [2.05, 4.69) is 71.2 Å². The van der Waals surface area contributed by atoms with Gasteiger partial charge < -0.3 is 4.42 Å². The average Bonchev–Trinajstić information content (AvgIpc) is 3.56. The summed E-state index contributed by atoms with van der Waals surface area (Å²) in [5.41, 5.74) is 0. The second-order valence-corrected chi connectivity index (χ2v) is 11.8. The van der Waals surface area contributed by atoms with E-state index in [1.54, 1.807) is 35.9 Å². The maximum Gasteiger partial charge on any atom is 0.143 e. The van der Waals surface area contributed by atoms with E-state index in [1.807, 2.05) is 35.6 Å². The summed E-state index contributed by atoms with van der Waals surface area (Å²) in [5.74, 6) is 2.80. The maximum absolute atomic E-state index is 12.7. The molecule has 4 aromatic heterocycles. The number of rotatable bonds is 5. The molecule has 0 amide bonds. The summed E-state index contributed by atoms with van der Waals surface area (Å²) in [7, 11) is 0. The predicted octanol–water partition coefficient (Wildman–Crippen LogP) is 10.9. The van der Waals surface area contributed by atoms with Crippen molar-refractivity contribution in [2.45, 2.75) is 72.4 Å². The maximum atomic E-state index is 12.7. The Balaban J connectivity index is 0.000000175. The standard InChI is InChI=1S/C11H12OS.C9H13FS.C7H10S/c1-8(2)10-5-6-11(13-10)9-4-3-7-12-9;1-6(2)8-4-5-9(11-8)7(3)10;1-6(2)7-4-3-5-8-7/h3-8H,1-2H3;4-7H,1-3H3;3-6H,1-2H3. The highest BCUT2D eigenvalue weighted by Crippen LogP contribution is 2.32. The molecule has 0 saturated heterocycles. The van der Waals surface area contributed by atoms with Crippen LogP contribution in [0.2, 0.25) is 0 Å². The molecule has 0 saturated carbocycles. The minimum atomic E-state index is -0.813. The van der Waals surface area contributed by atoms with Crippen LogP contribution in [-0.2, 0) is 0 Å². The van der Waals surface area contributed by atoms with E-state index >= 15 is 0 Å². The van der Waals surface area contributed by atoms with Gasteiger partial charge in [0.25, 0.3) is 0 Å². The Bertz CT molecular complexity index is 967. The number of halogens is 1. The number of alkyl halides is 1. The fraction of sp³-hybridized carbons (Fsp3) is 0.407. The van der Waals surface area contributed by atoms with Crippen molar-refractivity contribution in [2.75, 3.05) is 0 Å². The van der Waals surface area contributed by atoms with Crippen molar-refractivity contribution < 1.29 is 8.81 Å². The van der Waals surface area contributed by atoms with Crippen LogP contribution in [0, 0.1) is 0 Å². The molecule has 5 heteroatoms. The number of hydrogen-bond acceptors (Lipinski definition) is 4. The molecule has 0 N–H and O–H groups in total. The smallest absolute Gasteiger partial charge is 0.143 e. The van der Waals surface area contributed by atoms with Crippen molar-refractivity contribution in [3.8, 4) is 10.6 Å². The quantitative estimate of drug-likeness (QED) is 0.271. The molecule has 4 aromatic rings. The van der Waals surface area contributed by atoms with Crippen molar-refractivity contribution in [1.29, 1.82) is 0 Å². The van der Waals surface area contributed by atoms with Crippen LogP contribution in [0.1, 0.15) is 91.9 Å². The monoisotopic (exact) mass is 490 g/mol. The molecule has 4 heterocycles. The van der Waals surface area contributed by atoms with Crippen LogP contribution in [0.4, 0.5) is 4.39 Å². The minimum Gasteiger partial charge on any atom is -0.464 e. The molecule has 0 aliphatic carbocycles. The molecule has 0 aromatic carbocycles. The highest BCUT2D eigenvalue weighted by Gasteiger charge is 2.08. The van der Waals surface area contributed by atoms with Crippen LogP contribution in [0.15, 0.2) is 64.6 Å². The third-order valence-corrected chi connectivity index (χ3v) is 8.79. The van der Waals surface area contributed by atoms with Crippen LogP contribution < -0.4 is 0 Å². The van der Waals surface area contributed by atoms with Crippen LogP contribution >= 0.6 is 34.0 Å². The van der Waals surface area contributed by atoms with Crippen molar-refractivity contribution in [2.24, 2.45) is 0 Å². The molecule has 174 valence electrons. The normalized spacial score (nSPS) is 11.8. The first-order chi connectivity index (χ1) is 15.2. The molecule has 0 aliphatic heterocycles. The SMILES string of the molecule is CC(C)c1ccc(-c2ccco2)s1.CC(C)c1ccc(C(C)F)s1.CC(C)c1cccs1. The molecule has 4 rings (SSSR count). The molecule has 0 radical (unpaired) electrons. The Labute approximate surface area is 205 Å². The molecule has 0 fully saturated rings. The molecule has 1 unspecified atom stereocenters. The minimum absolute atomic E-state index is 0.521. The van der Waals surface area contributed by atoms with Crippen molar-refractivity contribution in [3.05, 3.63) is 79.7 Å². The van der Waals surface area contributed by atoms with Gasteiger partial charge in [-0.2, -0.15) is 0 Å². The summed E-state index contributed by atoms with van der Waals surface area (Å²) >= 11 is 5.21. The molecule has 32 heavy (non-hydrogen) atoms. The summed E-state index contributed by atoms with van der Waals surface area (Å²) in [4.78, 5) is 6.21. The zero-order valence-corrected chi connectivity index (χ0v) is 22.5. The van der Waals surface area contributed by atoms with Gasteiger partial charge >= 0.3 is 0 Å². The zero-order chi connectivity index (χ0) is 23.7. The van der Waals surface area contributed by atoms with Crippen LogP contribution in [0.25, 0.3) is 10.6 Å². The third kappa shape index (κ3) is 8.34. The summed E-state index contributed by atoms with van der Waals surface area (Å²) in [6.07, 6.45) is 0.900. The Hall–Kier alpha value is -1.69. The lowest BCUT2D eigenvalue weighted by atomic mass is 10.2. The molecule has 0 aliphatic rings. The fourth-order valence-electron chi connectivity index (χ4n) is 2.73. The first-order valence-electron chi connectivity index (χ1n) is 11.1. The Kier molecular flexibility index (Phi) is 10.9. The van der Waals surface area contributed by atoms with Gasteiger partial charge in [0.15, 0.2) is 0 Å². The van der Waals surface area contributed by atoms with Gasteiger partial charge in [0.05, 0.1) is 11.1 Å². The van der Waals surface area contributed by atoms with Gasteiger partial charge in [0.1, 0.15) is 11.9 Å². The van der Waals surface area contributed by atoms with Crippen molar-refractivity contribution in [1.82, 2.24) is 0 Å². The van der Waals surface area contributed by atoms with Gasteiger partial charge in [-0.25, -0.2) is 4.39 Å². The van der Waals surface area contributed by atoms with E-state index in [-0.39, 0.29) is 0 Å². The average molecular weight is 491 g/mol. The van der Waals surface area contributed by atoms with Gasteiger partial charge in [-0.3, -0.25) is 0 Å². The Morgan fingerprint density at radius 1 is 0.656 bits per heavy atom. The lowest BCUT2D eigenvalue weighted by Crippen LogP contribution is -1.78. The highest BCUT2D eigenvalue weighted by atomic mass is 32.1. The topological polar surface area (TPSA) is 13.1 Å². The number of furan rings is 1. The first kappa shape index (κ1) is 26.6. The highest BCUT2D eigenvalue weighted by molar-refractivity contribution is 7.15. The van der Waals surface area contributed by atoms with Gasteiger partial charge in [-0.05, 0) is 72.5 Å². The van der Waals surface area contributed by atoms with Crippen LogP contribution in [0.5, 0.6) is 0 Å². The summed E-state index contributed by atoms with van der Waals surface area (Å²) in [5, 5.41) is 2.12. The van der Waals surface area contributed by atoms with E-state index in [0.29, 0.717) is 17.8 Å². The van der Waals surface area contributed by atoms with Crippen molar-refractivity contribution in [3.63, 3.8) is 0 Å². The second kappa shape index (κ2) is 13.1. The second-order valence-electron chi connectivity index (χ2n) is 8.51. The number of hydrogen-bond donors (Lipinski definition) is 0. The third-order valence-electron chi connectivity index (χ3n) is 4.68. The molecule has 0 bridgehead atoms. The lowest BCUT2D eigenvalue weighted by molar-refractivity contribution is 0.380. The van der Waals surface area contributed by atoms with Gasteiger partial charge in [0, 0.05) is 19.5 Å². The van der Waals surface area contributed by atoms with Crippen LogP contribution in [0.3, 0.4) is 0 Å². The molecule has 0 spiro atoms. The summed E-state index contributed by atoms with van der Waals surface area (Å²) in [6, 6.07) is 16.4. The predicted molar refractivity (Wildman–Crippen MR) is 142 cm³/mol. The first-order valence-corrected chi connectivity index (χ1v) is 13.6. The molecule has 1 nitrogen and oxygen atoms in total. The van der Waals surface area contributed by atoms with E-state index in [1.165, 1.54) is 19.5 Å². The summed E-state index contributed by atoms with van der Waals surface area (Å²) < 4.78 is 18.0. The van der Waals surface area contributed by atoms with Gasteiger partial charge in [-0.1, -0.05) is 47.6 Å². The van der Waals surface area contributed by atoms with E-state index in [4.69, 9.17) is 4.42 Å². The van der Waals surface area contributed by atoms with Gasteiger partial charge in [-0.15, -0.1) is 34.0 Å². The Morgan fingerprint density at radius 3 is 1.62 bits per heavy atom. The van der Waals surface area contributed by atoms with Crippen molar-refractivity contribution >= 4 is 34.0 Å². The molecular formula is C27H35FOS3. The molecule has 1 atom stereocenters. The van der Waals surface area contributed by atoms with E-state index < -0.39 is 6.17 Å². The molecular weight excluding hydrogens is 455 g/mol. The summed E-state index contributed by atoms with van der Waals surface area (Å²) in [6.45, 7) is 14.7. The zero-order valence-electron chi connectivity index (χ0n) is 20.1. The Morgan fingerprint density at radius 2 is 1.25 bits per heavy atom. The fourth-order valence-corrected chi connectivity index (χ4v) is 5.39. The number of thiophene rings is 3. The van der Waals surface area contributed by atoms with Gasteiger partial charge in [0.2, 0.25) is 0 Å². The largest absolute Gasteiger partial charge is 0.464 e. The van der Waals surface area contributed by atoms with E-state index in [0.717, 1.165) is 10.6 Å². The lowest BCUT2D eigenvalue weighted by Gasteiger charge is -1.98. The van der Waals surface area contributed by atoms with E-state index in [9.17, 15) is 4.39 Å².